The number of ketones is 1. The third kappa shape index (κ3) is 4.66. The predicted molar refractivity (Wildman–Crippen MR) is 125 cm³/mol. The van der Waals surface area contributed by atoms with Gasteiger partial charge in [0.25, 0.3) is 5.91 Å². The number of amides is 1. The number of halogens is 1. The first-order chi connectivity index (χ1) is 15.6. The van der Waals surface area contributed by atoms with Gasteiger partial charge in [-0.1, -0.05) is 29.8 Å². The Labute approximate surface area is 192 Å². The summed E-state index contributed by atoms with van der Waals surface area (Å²) < 4.78 is 0. The van der Waals surface area contributed by atoms with Gasteiger partial charge in [-0.05, 0) is 61.0 Å². The van der Waals surface area contributed by atoms with E-state index in [-0.39, 0.29) is 11.7 Å². The summed E-state index contributed by atoms with van der Waals surface area (Å²) >= 11 is 5.94. The number of rotatable bonds is 4. The smallest absolute Gasteiger partial charge is 0.254 e. The zero-order valence-corrected chi connectivity index (χ0v) is 18.3. The van der Waals surface area contributed by atoms with Crippen LogP contribution in [0, 0.1) is 11.3 Å². The zero-order valence-electron chi connectivity index (χ0n) is 17.5. The second-order valence-electron chi connectivity index (χ2n) is 7.67. The molecule has 0 N–H and O–H groups in total. The van der Waals surface area contributed by atoms with E-state index in [1.807, 2.05) is 29.2 Å². The van der Waals surface area contributed by atoms with Gasteiger partial charge in [0.1, 0.15) is 0 Å². The zero-order chi connectivity index (χ0) is 22.5. The molecule has 1 fully saturated rings. The van der Waals surface area contributed by atoms with Crippen LogP contribution in [-0.4, -0.2) is 42.8 Å². The molecular weight excluding hydrogens is 422 g/mol. The Morgan fingerprint density at radius 1 is 0.812 bits per heavy atom. The SMILES string of the molecule is N#Cc1ccc(N2CCCN(C(=O)c3ccccc3C(=O)c3ccc(Cl)cc3)CC2)cc1. The molecule has 1 aliphatic heterocycles. The van der Waals surface area contributed by atoms with Gasteiger partial charge in [-0.25, -0.2) is 0 Å². The van der Waals surface area contributed by atoms with Crippen LogP contribution in [-0.2, 0) is 0 Å². The summed E-state index contributed by atoms with van der Waals surface area (Å²) in [5, 5.41) is 9.55. The lowest BCUT2D eigenvalue weighted by Crippen LogP contribution is -2.36. The molecule has 160 valence electrons. The van der Waals surface area contributed by atoms with E-state index in [0.29, 0.717) is 46.9 Å². The molecule has 3 aromatic carbocycles. The van der Waals surface area contributed by atoms with E-state index in [9.17, 15) is 9.59 Å². The van der Waals surface area contributed by atoms with Crippen LogP contribution in [0.15, 0.2) is 72.8 Å². The topological polar surface area (TPSA) is 64.4 Å². The highest BCUT2D eigenvalue weighted by Crippen LogP contribution is 2.21. The van der Waals surface area contributed by atoms with E-state index >= 15 is 0 Å². The number of nitriles is 1. The quantitative estimate of drug-likeness (QED) is 0.543. The van der Waals surface area contributed by atoms with Gasteiger partial charge >= 0.3 is 0 Å². The average Bonchev–Trinajstić information content (AvgIpc) is 3.10. The first kappa shape index (κ1) is 21.6. The number of anilines is 1. The van der Waals surface area contributed by atoms with Crippen LogP contribution < -0.4 is 4.90 Å². The molecule has 0 saturated carbocycles. The molecule has 0 aromatic heterocycles. The van der Waals surface area contributed by atoms with Crippen LogP contribution in [0.5, 0.6) is 0 Å². The Morgan fingerprint density at radius 3 is 2.19 bits per heavy atom. The third-order valence-electron chi connectivity index (χ3n) is 5.65. The van der Waals surface area contributed by atoms with Gasteiger partial charge in [0.05, 0.1) is 17.2 Å². The third-order valence-corrected chi connectivity index (χ3v) is 5.91. The fourth-order valence-corrected chi connectivity index (χ4v) is 4.05. The summed E-state index contributed by atoms with van der Waals surface area (Å²) in [6.45, 7) is 2.68. The van der Waals surface area contributed by atoms with Crippen molar-refractivity contribution in [2.45, 2.75) is 6.42 Å². The van der Waals surface area contributed by atoms with Crippen molar-refractivity contribution in [1.82, 2.24) is 4.90 Å². The molecule has 1 amide bonds. The van der Waals surface area contributed by atoms with Crippen molar-refractivity contribution in [2.24, 2.45) is 0 Å². The second kappa shape index (κ2) is 9.67. The van der Waals surface area contributed by atoms with Crippen LogP contribution in [0.2, 0.25) is 5.02 Å². The summed E-state index contributed by atoms with van der Waals surface area (Å²) in [6, 6.07) is 23.3. The Bertz CT molecular complexity index is 1170. The van der Waals surface area contributed by atoms with Crippen molar-refractivity contribution in [3.63, 3.8) is 0 Å². The average molecular weight is 444 g/mol. The van der Waals surface area contributed by atoms with E-state index in [1.165, 1.54) is 0 Å². The molecule has 1 heterocycles. The standard InChI is InChI=1S/C26H22ClN3O2/c27-21-10-8-20(9-11-21)25(31)23-4-1-2-5-24(23)26(32)30-15-3-14-29(16-17-30)22-12-6-19(18-28)7-13-22/h1-2,4-13H,3,14-17H2. The predicted octanol–water partition coefficient (Wildman–Crippen LogP) is 4.80. The molecule has 5 nitrogen and oxygen atoms in total. The molecule has 0 radical (unpaired) electrons. The summed E-state index contributed by atoms with van der Waals surface area (Å²) in [5.41, 5.74) is 2.98. The monoisotopic (exact) mass is 443 g/mol. The fourth-order valence-electron chi connectivity index (χ4n) is 3.92. The maximum absolute atomic E-state index is 13.4. The Balaban J connectivity index is 1.51. The minimum absolute atomic E-state index is 0.135. The second-order valence-corrected chi connectivity index (χ2v) is 8.11. The number of hydrogen-bond acceptors (Lipinski definition) is 4. The van der Waals surface area contributed by atoms with Crippen molar-refractivity contribution in [3.05, 3.63) is 100 Å². The highest BCUT2D eigenvalue weighted by Gasteiger charge is 2.24. The summed E-state index contributed by atoms with van der Waals surface area (Å²) in [4.78, 5) is 30.5. The molecule has 32 heavy (non-hydrogen) atoms. The molecule has 0 aliphatic carbocycles. The summed E-state index contributed by atoms with van der Waals surface area (Å²) in [7, 11) is 0. The first-order valence-electron chi connectivity index (χ1n) is 10.5. The van der Waals surface area contributed by atoms with Gasteiger partial charge in [-0.3, -0.25) is 9.59 Å². The van der Waals surface area contributed by atoms with Crippen molar-refractivity contribution in [2.75, 3.05) is 31.1 Å². The van der Waals surface area contributed by atoms with Crippen molar-refractivity contribution >= 4 is 29.0 Å². The van der Waals surface area contributed by atoms with Crippen LogP contribution in [0.4, 0.5) is 5.69 Å². The van der Waals surface area contributed by atoms with E-state index in [2.05, 4.69) is 11.0 Å². The summed E-state index contributed by atoms with van der Waals surface area (Å²) in [5.74, 6) is -0.329. The first-order valence-corrected chi connectivity index (χ1v) is 10.9. The van der Waals surface area contributed by atoms with Gasteiger partial charge in [-0.15, -0.1) is 0 Å². The van der Waals surface area contributed by atoms with E-state index in [1.54, 1.807) is 48.5 Å². The van der Waals surface area contributed by atoms with Crippen LogP contribution in [0.1, 0.15) is 38.3 Å². The number of carbonyl (C=O) groups excluding carboxylic acids is 2. The maximum Gasteiger partial charge on any atom is 0.254 e. The Kier molecular flexibility index (Phi) is 6.53. The van der Waals surface area contributed by atoms with Crippen molar-refractivity contribution in [1.29, 1.82) is 5.26 Å². The highest BCUT2D eigenvalue weighted by molar-refractivity contribution is 6.30. The molecular formula is C26H22ClN3O2. The largest absolute Gasteiger partial charge is 0.370 e. The molecule has 0 spiro atoms. The van der Waals surface area contributed by atoms with Gasteiger partial charge in [-0.2, -0.15) is 5.26 Å². The lowest BCUT2D eigenvalue weighted by molar-refractivity contribution is 0.0762. The van der Waals surface area contributed by atoms with Gasteiger partial charge < -0.3 is 9.80 Å². The van der Waals surface area contributed by atoms with Gasteiger partial charge in [0, 0.05) is 48.0 Å². The molecule has 6 heteroatoms. The van der Waals surface area contributed by atoms with Gasteiger partial charge in [0.2, 0.25) is 0 Å². The highest BCUT2D eigenvalue weighted by atomic mass is 35.5. The minimum Gasteiger partial charge on any atom is -0.370 e. The minimum atomic E-state index is -0.195. The normalized spacial score (nSPS) is 13.9. The van der Waals surface area contributed by atoms with Gasteiger partial charge in [0.15, 0.2) is 5.78 Å². The number of carbonyl (C=O) groups is 2. The molecule has 0 bridgehead atoms. The van der Waals surface area contributed by atoms with Crippen molar-refractivity contribution in [3.8, 4) is 6.07 Å². The molecule has 1 aliphatic rings. The number of benzene rings is 3. The lowest BCUT2D eigenvalue weighted by atomic mass is 9.97. The maximum atomic E-state index is 13.4. The molecule has 0 atom stereocenters. The van der Waals surface area contributed by atoms with E-state index in [0.717, 1.165) is 18.7 Å². The van der Waals surface area contributed by atoms with Crippen LogP contribution in [0.25, 0.3) is 0 Å². The number of hydrogen-bond donors (Lipinski definition) is 0. The van der Waals surface area contributed by atoms with Crippen LogP contribution >= 0.6 is 11.6 Å². The molecule has 4 rings (SSSR count). The molecule has 3 aromatic rings. The van der Waals surface area contributed by atoms with E-state index in [4.69, 9.17) is 16.9 Å². The molecule has 0 unspecified atom stereocenters. The van der Waals surface area contributed by atoms with E-state index < -0.39 is 0 Å². The lowest BCUT2D eigenvalue weighted by Gasteiger charge is -2.24. The number of nitrogens with zero attached hydrogens (tertiary/aromatic N) is 3. The Hall–Kier alpha value is -3.62. The molecule has 1 saturated heterocycles. The Morgan fingerprint density at radius 2 is 1.50 bits per heavy atom. The van der Waals surface area contributed by atoms with Crippen molar-refractivity contribution < 1.29 is 9.59 Å². The fraction of sp³-hybridized carbons (Fsp3) is 0.192. The summed E-state index contributed by atoms with van der Waals surface area (Å²) in [6.07, 6.45) is 0.818. The van der Waals surface area contributed by atoms with Crippen LogP contribution in [0.3, 0.4) is 0 Å².